The van der Waals surface area contributed by atoms with E-state index in [9.17, 15) is 9.59 Å². The van der Waals surface area contributed by atoms with Crippen LogP contribution in [0.1, 0.15) is 13.3 Å². The van der Waals surface area contributed by atoms with Crippen molar-refractivity contribution in [2.75, 3.05) is 18.1 Å². The zero-order valence-electron chi connectivity index (χ0n) is 7.32. The van der Waals surface area contributed by atoms with Gasteiger partial charge in [0.05, 0.1) is 6.42 Å². The van der Waals surface area contributed by atoms with Crippen LogP contribution >= 0.6 is 21.6 Å². The van der Waals surface area contributed by atoms with Crippen LogP contribution in [0.15, 0.2) is 0 Å². The second kappa shape index (κ2) is 8.25. The molecule has 13 heavy (non-hydrogen) atoms. The van der Waals surface area contributed by atoms with Gasteiger partial charge in [0.25, 0.3) is 0 Å². The number of ether oxygens (including phenoxy) is 1. The van der Waals surface area contributed by atoms with Crippen molar-refractivity contribution in [3.05, 3.63) is 0 Å². The fourth-order valence-electron chi connectivity index (χ4n) is 0.466. The van der Waals surface area contributed by atoms with Gasteiger partial charge in [0.1, 0.15) is 6.61 Å². The standard InChI is InChI=1S/C7H12O4S2/c1-6(8)11-3-5-13-12-4-2-7(9)10/h2-5H2,1H3,(H,9,10). The van der Waals surface area contributed by atoms with Crippen LogP contribution in [0.4, 0.5) is 0 Å². The smallest absolute Gasteiger partial charge is 0.304 e. The molecule has 0 aliphatic heterocycles. The molecule has 0 atom stereocenters. The lowest BCUT2D eigenvalue weighted by Crippen LogP contribution is -2.01. The average Bonchev–Trinajstić information content (AvgIpc) is 2.01. The number of aliphatic carboxylic acids is 1. The zero-order valence-corrected chi connectivity index (χ0v) is 8.95. The second-order valence-corrected chi connectivity index (χ2v) is 4.83. The van der Waals surface area contributed by atoms with Crippen LogP contribution in [0.3, 0.4) is 0 Å². The molecule has 76 valence electrons. The number of carboxylic acids is 1. The van der Waals surface area contributed by atoms with Crippen LogP contribution in [-0.4, -0.2) is 35.2 Å². The molecule has 0 radical (unpaired) electrons. The molecule has 4 nitrogen and oxygen atoms in total. The summed E-state index contributed by atoms with van der Waals surface area (Å²) in [5.74, 6) is 0.216. The number of hydrogen-bond acceptors (Lipinski definition) is 5. The predicted octanol–water partition coefficient (Wildman–Crippen LogP) is 1.41. The van der Waals surface area contributed by atoms with Gasteiger partial charge in [-0.25, -0.2) is 0 Å². The minimum Gasteiger partial charge on any atom is -0.481 e. The van der Waals surface area contributed by atoms with Gasteiger partial charge in [-0.2, -0.15) is 0 Å². The minimum absolute atomic E-state index is 0.172. The van der Waals surface area contributed by atoms with E-state index in [0.29, 0.717) is 18.1 Å². The van der Waals surface area contributed by atoms with Crippen molar-refractivity contribution in [1.82, 2.24) is 0 Å². The van der Waals surface area contributed by atoms with Gasteiger partial charge in [0.15, 0.2) is 0 Å². The Bertz CT molecular complexity index is 154. The summed E-state index contributed by atoms with van der Waals surface area (Å²) >= 11 is 0. The van der Waals surface area contributed by atoms with Crippen molar-refractivity contribution in [2.24, 2.45) is 0 Å². The number of carbonyl (C=O) groups excluding carboxylic acids is 1. The maximum Gasteiger partial charge on any atom is 0.304 e. The molecule has 0 amide bonds. The van der Waals surface area contributed by atoms with Gasteiger partial charge < -0.3 is 9.84 Å². The number of hydrogen-bond donors (Lipinski definition) is 1. The van der Waals surface area contributed by atoms with Crippen molar-refractivity contribution in [3.8, 4) is 0 Å². The van der Waals surface area contributed by atoms with E-state index in [1.165, 1.54) is 28.5 Å². The predicted molar refractivity (Wildman–Crippen MR) is 53.8 cm³/mol. The number of carboxylic acid groups (broad SMARTS) is 1. The molecule has 0 saturated carbocycles. The van der Waals surface area contributed by atoms with Gasteiger partial charge in [0, 0.05) is 18.4 Å². The molecular formula is C7H12O4S2. The lowest BCUT2D eigenvalue weighted by Gasteiger charge is -2.00. The highest BCUT2D eigenvalue weighted by Crippen LogP contribution is 2.21. The Morgan fingerprint density at radius 1 is 1.31 bits per heavy atom. The molecule has 0 rings (SSSR count). The Hall–Kier alpha value is -0.360. The first-order valence-corrected chi connectivity index (χ1v) is 6.21. The van der Waals surface area contributed by atoms with Crippen molar-refractivity contribution in [2.45, 2.75) is 13.3 Å². The SMILES string of the molecule is CC(=O)OCCSSCCC(=O)O. The van der Waals surface area contributed by atoms with E-state index in [-0.39, 0.29) is 12.4 Å². The molecule has 0 aliphatic carbocycles. The summed E-state index contributed by atoms with van der Waals surface area (Å²) in [5.41, 5.74) is 0. The summed E-state index contributed by atoms with van der Waals surface area (Å²) in [4.78, 5) is 20.4. The van der Waals surface area contributed by atoms with Crippen LogP contribution in [0.25, 0.3) is 0 Å². The maximum absolute atomic E-state index is 10.3. The van der Waals surface area contributed by atoms with E-state index >= 15 is 0 Å². The Kier molecular flexibility index (Phi) is 8.02. The van der Waals surface area contributed by atoms with Crippen LogP contribution in [0.2, 0.25) is 0 Å². The Labute approximate surface area is 84.8 Å². The van der Waals surface area contributed by atoms with Gasteiger partial charge in [0.2, 0.25) is 0 Å². The highest BCUT2D eigenvalue weighted by atomic mass is 33.1. The van der Waals surface area contributed by atoms with Gasteiger partial charge in [-0.05, 0) is 0 Å². The summed E-state index contributed by atoms with van der Waals surface area (Å²) in [6, 6.07) is 0. The Morgan fingerprint density at radius 2 is 1.92 bits per heavy atom. The molecule has 0 fully saturated rings. The number of esters is 1. The molecule has 0 heterocycles. The lowest BCUT2D eigenvalue weighted by molar-refractivity contribution is -0.140. The number of rotatable bonds is 7. The van der Waals surface area contributed by atoms with Crippen molar-refractivity contribution in [1.29, 1.82) is 0 Å². The van der Waals surface area contributed by atoms with Gasteiger partial charge in [-0.3, -0.25) is 9.59 Å². The molecule has 0 aromatic heterocycles. The van der Waals surface area contributed by atoms with Gasteiger partial charge in [-0.1, -0.05) is 21.6 Å². The molecule has 0 aromatic carbocycles. The average molecular weight is 224 g/mol. The summed E-state index contributed by atoms with van der Waals surface area (Å²) in [6.07, 6.45) is 0.172. The largest absolute Gasteiger partial charge is 0.481 e. The van der Waals surface area contributed by atoms with Crippen molar-refractivity contribution >= 4 is 33.5 Å². The Morgan fingerprint density at radius 3 is 2.46 bits per heavy atom. The lowest BCUT2D eigenvalue weighted by atomic mass is 10.5. The second-order valence-electron chi connectivity index (χ2n) is 2.13. The van der Waals surface area contributed by atoms with E-state index < -0.39 is 5.97 Å². The molecule has 0 aliphatic rings. The monoisotopic (exact) mass is 224 g/mol. The maximum atomic E-state index is 10.3. The van der Waals surface area contributed by atoms with Crippen LogP contribution in [0.5, 0.6) is 0 Å². The highest BCUT2D eigenvalue weighted by Gasteiger charge is 1.97. The van der Waals surface area contributed by atoms with Crippen LogP contribution < -0.4 is 0 Å². The third-order valence-corrected chi connectivity index (χ3v) is 3.33. The zero-order chi connectivity index (χ0) is 10.1. The summed E-state index contributed by atoms with van der Waals surface area (Å²) in [6.45, 7) is 1.75. The van der Waals surface area contributed by atoms with Crippen LogP contribution in [0, 0.1) is 0 Å². The fourth-order valence-corrected chi connectivity index (χ4v) is 2.27. The van der Waals surface area contributed by atoms with E-state index in [1.807, 2.05) is 0 Å². The molecule has 0 unspecified atom stereocenters. The van der Waals surface area contributed by atoms with Gasteiger partial charge >= 0.3 is 11.9 Å². The van der Waals surface area contributed by atoms with Crippen molar-refractivity contribution in [3.63, 3.8) is 0 Å². The first-order chi connectivity index (χ1) is 6.13. The third kappa shape index (κ3) is 11.6. The minimum atomic E-state index is -0.784. The molecular weight excluding hydrogens is 212 g/mol. The summed E-state index contributed by atoms with van der Waals surface area (Å²) in [7, 11) is 2.99. The van der Waals surface area contributed by atoms with E-state index in [1.54, 1.807) is 0 Å². The highest BCUT2D eigenvalue weighted by molar-refractivity contribution is 8.76. The first-order valence-electron chi connectivity index (χ1n) is 3.72. The topological polar surface area (TPSA) is 63.6 Å². The van der Waals surface area contributed by atoms with E-state index in [0.717, 1.165) is 0 Å². The summed E-state index contributed by atoms with van der Waals surface area (Å²) < 4.78 is 4.68. The summed E-state index contributed by atoms with van der Waals surface area (Å²) in [5, 5.41) is 8.30. The molecule has 0 saturated heterocycles. The Balaban J connectivity index is 3.00. The van der Waals surface area contributed by atoms with E-state index in [2.05, 4.69) is 4.74 Å². The fraction of sp³-hybridized carbons (Fsp3) is 0.714. The quantitative estimate of drug-likeness (QED) is 0.401. The van der Waals surface area contributed by atoms with Crippen LogP contribution in [-0.2, 0) is 14.3 Å². The van der Waals surface area contributed by atoms with Crippen molar-refractivity contribution < 1.29 is 19.4 Å². The molecule has 0 aromatic rings. The molecule has 1 N–H and O–H groups in total. The third-order valence-electron chi connectivity index (χ3n) is 0.955. The first kappa shape index (κ1) is 12.6. The van der Waals surface area contributed by atoms with E-state index in [4.69, 9.17) is 5.11 Å². The molecule has 0 bridgehead atoms. The van der Waals surface area contributed by atoms with Gasteiger partial charge in [-0.15, -0.1) is 0 Å². The molecule has 0 spiro atoms. The normalized spacial score (nSPS) is 9.62. The molecule has 6 heteroatoms. The number of carbonyl (C=O) groups is 2.